The number of aromatic nitrogens is 4. The highest BCUT2D eigenvalue weighted by Gasteiger charge is 2.36. The number of carbonyl (C=O) groups excluding carboxylic acids is 1. The number of nitrogens with zero attached hydrogens (tertiary/aromatic N) is 5. The van der Waals surface area contributed by atoms with Gasteiger partial charge in [-0.2, -0.15) is 14.9 Å². The molecule has 2 atom stereocenters. The van der Waals surface area contributed by atoms with Crippen molar-refractivity contribution < 1.29 is 4.79 Å². The molecule has 4 aromatic rings. The van der Waals surface area contributed by atoms with Crippen LogP contribution in [0, 0.1) is 0 Å². The van der Waals surface area contributed by atoms with Gasteiger partial charge < -0.3 is 10.2 Å². The van der Waals surface area contributed by atoms with Gasteiger partial charge in [0.15, 0.2) is 0 Å². The third kappa shape index (κ3) is 4.01. The average molecular weight is 455 g/mol. The van der Waals surface area contributed by atoms with Gasteiger partial charge in [0.1, 0.15) is 0 Å². The fourth-order valence-corrected chi connectivity index (χ4v) is 5.71. The molecule has 0 saturated carbocycles. The molecule has 6 rings (SSSR count). The van der Waals surface area contributed by atoms with Crippen molar-refractivity contribution in [2.24, 2.45) is 0 Å². The maximum Gasteiger partial charge on any atom is 0.342 e. The Labute approximate surface area is 199 Å². The van der Waals surface area contributed by atoms with Crippen LogP contribution in [-0.4, -0.2) is 55.7 Å². The molecule has 7 nitrogen and oxygen atoms in total. The smallest absolute Gasteiger partial charge is 0.333 e. The third-order valence-electron chi connectivity index (χ3n) is 7.58. The molecule has 2 aliphatic heterocycles. The maximum atomic E-state index is 13.1. The summed E-state index contributed by atoms with van der Waals surface area (Å²) < 4.78 is 3.45. The zero-order valence-electron chi connectivity index (χ0n) is 19.5. The van der Waals surface area contributed by atoms with E-state index in [2.05, 4.69) is 51.9 Å². The molecule has 0 spiro atoms. The van der Waals surface area contributed by atoms with E-state index in [1.807, 2.05) is 41.2 Å². The zero-order valence-corrected chi connectivity index (χ0v) is 19.5. The van der Waals surface area contributed by atoms with Crippen LogP contribution in [0.5, 0.6) is 0 Å². The Morgan fingerprint density at radius 3 is 2.59 bits per heavy atom. The predicted octanol–water partition coefficient (Wildman–Crippen LogP) is 4.52. The Morgan fingerprint density at radius 1 is 1.00 bits per heavy atom. The van der Waals surface area contributed by atoms with Gasteiger partial charge in [-0.15, -0.1) is 0 Å². The SMILES string of the molecule is CN1C2CCCC1CC(NC(=O)n1ncc3cc(-c4cnn(Cc5ccccc5)c4)ccc31)C2. The summed E-state index contributed by atoms with van der Waals surface area (Å²) in [6.07, 6.45) is 11.5. The van der Waals surface area contributed by atoms with E-state index in [1.54, 1.807) is 6.20 Å². The van der Waals surface area contributed by atoms with Gasteiger partial charge in [0.2, 0.25) is 0 Å². The van der Waals surface area contributed by atoms with E-state index in [0.29, 0.717) is 12.1 Å². The second-order valence-corrected chi connectivity index (χ2v) is 9.76. The predicted molar refractivity (Wildman–Crippen MR) is 133 cm³/mol. The van der Waals surface area contributed by atoms with Gasteiger partial charge in [-0.25, -0.2) is 4.79 Å². The summed E-state index contributed by atoms with van der Waals surface area (Å²) in [5.74, 6) is 0. The molecule has 174 valence electrons. The molecule has 2 aliphatic rings. The standard InChI is InChI=1S/C27H30N6O/c1-31-24-8-5-9-25(31)14-23(13-24)30-27(34)33-26-11-10-20(12-21(26)15-29-33)22-16-28-32(18-22)17-19-6-3-2-4-7-19/h2-4,6-7,10-12,15-16,18,23-25H,5,8-9,13-14,17H2,1H3,(H,30,34). The van der Waals surface area contributed by atoms with E-state index in [0.717, 1.165) is 41.4 Å². The van der Waals surface area contributed by atoms with Gasteiger partial charge in [-0.1, -0.05) is 42.8 Å². The first-order valence-corrected chi connectivity index (χ1v) is 12.2. The van der Waals surface area contributed by atoms with Crippen LogP contribution in [0.3, 0.4) is 0 Å². The van der Waals surface area contributed by atoms with Crippen molar-refractivity contribution in [3.05, 3.63) is 72.7 Å². The van der Waals surface area contributed by atoms with Gasteiger partial charge in [-0.3, -0.25) is 4.68 Å². The summed E-state index contributed by atoms with van der Waals surface area (Å²) in [4.78, 5) is 15.6. The summed E-state index contributed by atoms with van der Waals surface area (Å²) in [5.41, 5.74) is 4.15. The van der Waals surface area contributed by atoms with Crippen LogP contribution >= 0.6 is 0 Å². The molecular weight excluding hydrogens is 424 g/mol. The molecule has 0 radical (unpaired) electrons. The normalized spacial score (nSPS) is 22.7. The molecule has 34 heavy (non-hydrogen) atoms. The molecule has 7 heteroatoms. The van der Waals surface area contributed by atoms with Gasteiger partial charge in [0.05, 0.1) is 24.5 Å². The molecule has 2 aromatic heterocycles. The fraction of sp³-hybridized carbons (Fsp3) is 0.370. The van der Waals surface area contributed by atoms with Crippen LogP contribution in [-0.2, 0) is 6.54 Å². The van der Waals surface area contributed by atoms with Crippen molar-refractivity contribution in [1.29, 1.82) is 0 Å². The topological polar surface area (TPSA) is 68.0 Å². The Hall–Kier alpha value is -3.45. The van der Waals surface area contributed by atoms with Crippen LogP contribution in [0.1, 0.15) is 37.7 Å². The van der Waals surface area contributed by atoms with E-state index in [-0.39, 0.29) is 12.1 Å². The van der Waals surface area contributed by atoms with Crippen LogP contribution in [0.15, 0.2) is 67.1 Å². The van der Waals surface area contributed by atoms with Crippen molar-refractivity contribution in [3.63, 3.8) is 0 Å². The number of hydrogen-bond acceptors (Lipinski definition) is 4. The molecule has 2 aromatic carbocycles. The fourth-order valence-electron chi connectivity index (χ4n) is 5.71. The Bertz CT molecular complexity index is 1300. The Balaban J connectivity index is 1.17. The van der Waals surface area contributed by atoms with Gasteiger partial charge in [-0.05, 0) is 56.0 Å². The largest absolute Gasteiger partial charge is 0.342 e. The van der Waals surface area contributed by atoms with Crippen LogP contribution in [0.4, 0.5) is 4.79 Å². The highest BCUT2D eigenvalue weighted by atomic mass is 16.2. The number of fused-ring (bicyclic) bond motifs is 3. The quantitative estimate of drug-likeness (QED) is 0.492. The highest BCUT2D eigenvalue weighted by molar-refractivity contribution is 5.92. The van der Waals surface area contributed by atoms with Crippen molar-refractivity contribution in [2.45, 2.75) is 56.8 Å². The molecule has 2 bridgehead atoms. The minimum atomic E-state index is -0.133. The lowest BCUT2D eigenvalue weighted by Crippen LogP contribution is -2.55. The molecule has 2 saturated heterocycles. The second-order valence-electron chi connectivity index (χ2n) is 9.76. The van der Waals surface area contributed by atoms with E-state index in [4.69, 9.17) is 0 Å². The Morgan fingerprint density at radius 2 is 1.79 bits per heavy atom. The number of rotatable bonds is 4. The zero-order chi connectivity index (χ0) is 23.1. The van der Waals surface area contributed by atoms with Crippen molar-refractivity contribution in [1.82, 2.24) is 29.8 Å². The van der Waals surface area contributed by atoms with Crippen molar-refractivity contribution in [2.75, 3.05) is 7.05 Å². The lowest BCUT2D eigenvalue weighted by atomic mass is 9.82. The first-order valence-electron chi connectivity index (χ1n) is 12.2. The average Bonchev–Trinajstić information content (AvgIpc) is 3.47. The monoisotopic (exact) mass is 454 g/mol. The summed E-state index contributed by atoms with van der Waals surface area (Å²) in [6, 6.07) is 17.7. The van der Waals surface area contributed by atoms with E-state index in [1.165, 1.54) is 29.5 Å². The number of amides is 1. The van der Waals surface area contributed by atoms with Gasteiger partial charge in [0, 0.05) is 35.3 Å². The summed E-state index contributed by atoms with van der Waals surface area (Å²) in [7, 11) is 2.23. The number of benzene rings is 2. The first-order chi connectivity index (χ1) is 16.6. The minimum absolute atomic E-state index is 0.133. The summed E-state index contributed by atoms with van der Waals surface area (Å²) in [5, 5.41) is 13.1. The van der Waals surface area contributed by atoms with E-state index in [9.17, 15) is 4.79 Å². The van der Waals surface area contributed by atoms with Crippen LogP contribution in [0.25, 0.3) is 22.0 Å². The van der Waals surface area contributed by atoms with Crippen molar-refractivity contribution in [3.8, 4) is 11.1 Å². The van der Waals surface area contributed by atoms with Gasteiger partial charge in [0.25, 0.3) is 0 Å². The molecule has 1 N–H and O–H groups in total. The summed E-state index contributed by atoms with van der Waals surface area (Å²) >= 11 is 0. The molecule has 2 fully saturated rings. The molecule has 2 unspecified atom stereocenters. The Kier molecular flexibility index (Phi) is 5.41. The molecule has 1 amide bonds. The second kappa shape index (κ2) is 8.72. The van der Waals surface area contributed by atoms with Crippen LogP contribution in [0.2, 0.25) is 0 Å². The molecular formula is C27H30N6O. The number of carbonyl (C=O) groups is 1. The summed E-state index contributed by atoms with van der Waals surface area (Å²) in [6.45, 7) is 0.736. The number of nitrogens with one attached hydrogen (secondary N) is 1. The lowest BCUT2D eigenvalue weighted by molar-refractivity contribution is 0.0509. The highest BCUT2D eigenvalue weighted by Crippen LogP contribution is 2.32. The number of piperidine rings is 2. The first kappa shape index (κ1) is 21.1. The third-order valence-corrected chi connectivity index (χ3v) is 7.58. The van der Waals surface area contributed by atoms with E-state index < -0.39 is 0 Å². The van der Waals surface area contributed by atoms with Crippen LogP contribution < -0.4 is 5.32 Å². The molecule has 4 heterocycles. The number of hydrogen-bond donors (Lipinski definition) is 1. The maximum absolute atomic E-state index is 13.1. The van der Waals surface area contributed by atoms with Crippen molar-refractivity contribution >= 4 is 16.9 Å². The lowest BCUT2D eigenvalue weighted by Gasteiger charge is -2.47. The minimum Gasteiger partial charge on any atom is -0.333 e. The van der Waals surface area contributed by atoms with Gasteiger partial charge >= 0.3 is 6.03 Å². The molecule has 0 aliphatic carbocycles. The van der Waals surface area contributed by atoms with E-state index >= 15 is 0 Å².